The second kappa shape index (κ2) is 11.0. The molecule has 0 atom stereocenters. The Labute approximate surface area is 257 Å². The van der Waals surface area contributed by atoms with Gasteiger partial charge in [0.1, 0.15) is 11.2 Å². The highest BCUT2D eigenvalue weighted by atomic mass is 32.1. The molecule has 1 amide bonds. The number of likely N-dealkylation sites (tertiary alicyclic amines) is 1. The molecule has 6 heterocycles. The van der Waals surface area contributed by atoms with Crippen molar-refractivity contribution in [3.8, 4) is 11.3 Å². The molecule has 7 rings (SSSR count). The van der Waals surface area contributed by atoms with Gasteiger partial charge >= 0.3 is 0 Å². The van der Waals surface area contributed by atoms with Crippen LogP contribution in [-0.4, -0.2) is 91.9 Å². The van der Waals surface area contributed by atoms with E-state index in [0.717, 1.165) is 63.1 Å². The first-order chi connectivity index (χ1) is 20.7. The van der Waals surface area contributed by atoms with Gasteiger partial charge in [0.25, 0.3) is 0 Å². The maximum Gasteiger partial charge on any atom is 0.225 e. The molecule has 2 N–H and O–H groups in total. The van der Waals surface area contributed by atoms with Crippen molar-refractivity contribution in [2.45, 2.75) is 77.7 Å². The van der Waals surface area contributed by atoms with Gasteiger partial charge in [0, 0.05) is 60.7 Å². The number of hydrogen-bond acceptors (Lipinski definition) is 7. The van der Waals surface area contributed by atoms with Crippen LogP contribution in [-0.2, 0) is 9.53 Å². The molecule has 0 bridgehead atoms. The molecule has 1 saturated carbocycles. The first-order valence-corrected chi connectivity index (χ1v) is 16.7. The smallest absolute Gasteiger partial charge is 0.225 e. The average Bonchev–Trinajstić information content (AvgIpc) is 3.68. The summed E-state index contributed by atoms with van der Waals surface area (Å²) in [5.41, 5.74) is 8.28. The van der Waals surface area contributed by atoms with Crippen LogP contribution < -0.4 is 0 Å². The molecule has 4 aromatic heterocycles. The van der Waals surface area contributed by atoms with Crippen molar-refractivity contribution >= 4 is 33.1 Å². The maximum atomic E-state index is 13.4. The molecule has 1 spiro atoms. The Kier molecular flexibility index (Phi) is 7.39. The topological polar surface area (TPSA) is 99.0 Å². The first-order valence-electron chi connectivity index (χ1n) is 15.9. The summed E-state index contributed by atoms with van der Waals surface area (Å²) in [5, 5.41) is 15.1. The lowest BCUT2D eigenvalue weighted by molar-refractivity contribution is -0.186. The Morgan fingerprint density at radius 2 is 1.93 bits per heavy atom. The highest BCUT2D eigenvalue weighted by molar-refractivity contribution is 7.19. The fourth-order valence-corrected chi connectivity index (χ4v) is 9.41. The minimum Gasteiger partial charge on any atom is -0.395 e. The molecule has 10 heteroatoms. The third-order valence-corrected chi connectivity index (χ3v) is 11.8. The number of carbonyl (C=O) groups excluding carboxylic acids is 1. The number of nitrogens with one attached hydrogen (secondary N) is 1. The molecule has 4 aromatic rings. The third kappa shape index (κ3) is 4.81. The van der Waals surface area contributed by atoms with Crippen molar-refractivity contribution in [3.05, 3.63) is 39.7 Å². The minimum atomic E-state index is -0.188. The second-order valence-corrected chi connectivity index (χ2v) is 14.5. The van der Waals surface area contributed by atoms with E-state index in [-0.39, 0.29) is 18.1 Å². The number of aliphatic hydroxyl groups excluding tert-OH is 1. The Bertz CT molecular complexity index is 1670. The molecule has 9 nitrogen and oxygen atoms in total. The molecule has 2 saturated heterocycles. The summed E-state index contributed by atoms with van der Waals surface area (Å²) in [5.74, 6) is 1.23. The van der Waals surface area contributed by atoms with Crippen molar-refractivity contribution in [2.75, 3.05) is 45.9 Å². The van der Waals surface area contributed by atoms with E-state index in [0.29, 0.717) is 30.9 Å². The quantitative estimate of drug-likeness (QED) is 0.315. The van der Waals surface area contributed by atoms with E-state index in [1.807, 2.05) is 15.9 Å². The van der Waals surface area contributed by atoms with Crippen LogP contribution in [0.15, 0.2) is 12.5 Å². The normalized spacial score (nSPS) is 23.7. The summed E-state index contributed by atoms with van der Waals surface area (Å²) < 4.78 is 8.03. The zero-order chi connectivity index (χ0) is 30.0. The second-order valence-electron chi connectivity index (χ2n) is 13.4. The molecular formula is C33H44N6O3S. The molecular weight excluding hydrogens is 560 g/mol. The predicted molar refractivity (Wildman–Crippen MR) is 170 cm³/mol. The number of piperidine rings is 1. The number of thiophene rings is 1. The number of nitrogens with zero attached hydrogens (tertiary/aromatic N) is 5. The van der Waals surface area contributed by atoms with Gasteiger partial charge in [-0.1, -0.05) is 13.8 Å². The lowest BCUT2D eigenvalue weighted by Gasteiger charge is -2.52. The van der Waals surface area contributed by atoms with Gasteiger partial charge in [-0.15, -0.1) is 11.3 Å². The SMILES string of the molecule is Cc1c(-c2[nH]c3sc(C4CCN(C(=O)C5CC6(C5)CN(CCO)CCO6)CC4)c(C)c3c2C(C)C)cn2ncnc2c1C. The Balaban J connectivity index is 1.07. The summed E-state index contributed by atoms with van der Waals surface area (Å²) in [6.45, 7) is 16.1. The number of pyridine rings is 1. The van der Waals surface area contributed by atoms with Crippen LogP contribution in [0.5, 0.6) is 0 Å². The molecule has 2 aliphatic heterocycles. The van der Waals surface area contributed by atoms with Gasteiger partial charge in [-0.3, -0.25) is 9.69 Å². The number of aromatic nitrogens is 4. The van der Waals surface area contributed by atoms with Gasteiger partial charge in [-0.05, 0) is 80.5 Å². The maximum absolute atomic E-state index is 13.4. The van der Waals surface area contributed by atoms with Crippen molar-refractivity contribution in [1.82, 2.24) is 29.4 Å². The fraction of sp³-hybridized carbons (Fsp3) is 0.606. The first kappa shape index (κ1) is 29.0. The number of β-amino-alcohol motifs (C(OH)–C–C–N with tert-alkyl or cyclic N) is 1. The van der Waals surface area contributed by atoms with Crippen LogP contribution in [0.4, 0.5) is 0 Å². The van der Waals surface area contributed by atoms with Crippen LogP contribution in [0.2, 0.25) is 0 Å². The molecule has 43 heavy (non-hydrogen) atoms. The lowest BCUT2D eigenvalue weighted by atomic mass is 9.69. The van der Waals surface area contributed by atoms with Crippen molar-refractivity contribution in [2.24, 2.45) is 5.92 Å². The standard InChI is InChI=1S/C33H44N6O3S/c1-19(2)26-27-22(5)29(43-31(27)36-28(26)25-16-39-30(34-18-35-39)21(4)20(25)3)23-6-8-38(9-7-23)32(41)24-14-33(15-24)17-37(10-12-40)11-13-42-33/h16,18-19,23-24,36,40H,6-15,17H2,1-5H3. The van der Waals surface area contributed by atoms with Crippen LogP contribution in [0, 0.1) is 26.7 Å². The number of carbonyl (C=O) groups is 1. The largest absolute Gasteiger partial charge is 0.395 e. The van der Waals surface area contributed by atoms with Crippen LogP contribution in [0.3, 0.4) is 0 Å². The minimum absolute atomic E-state index is 0.0723. The number of aromatic amines is 1. The Morgan fingerprint density at radius 1 is 1.16 bits per heavy atom. The number of aryl methyl sites for hydroxylation is 2. The number of fused-ring (bicyclic) bond motifs is 2. The average molecular weight is 605 g/mol. The zero-order valence-corrected chi connectivity index (χ0v) is 26.9. The fourth-order valence-electron chi connectivity index (χ4n) is 8.02. The van der Waals surface area contributed by atoms with Crippen molar-refractivity contribution in [3.63, 3.8) is 0 Å². The summed E-state index contributed by atoms with van der Waals surface area (Å²) in [6, 6.07) is 0. The van der Waals surface area contributed by atoms with E-state index in [2.05, 4.69) is 65.7 Å². The number of morpholine rings is 1. The van der Waals surface area contributed by atoms with Crippen molar-refractivity contribution < 1.29 is 14.6 Å². The van der Waals surface area contributed by atoms with E-state index < -0.39 is 0 Å². The molecule has 0 aromatic carbocycles. The van der Waals surface area contributed by atoms with Gasteiger partial charge < -0.3 is 19.7 Å². The van der Waals surface area contributed by atoms with Gasteiger partial charge in [-0.25, -0.2) is 9.50 Å². The van der Waals surface area contributed by atoms with Gasteiger partial charge in [-0.2, -0.15) is 5.10 Å². The molecule has 0 unspecified atom stereocenters. The van der Waals surface area contributed by atoms with E-state index in [9.17, 15) is 9.90 Å². The van der Waals surface area contributed by atoms with Gasteiger partial charge in [0.15, 0.2) is 5.65 Å². The number of aliphatic hydroxyl groups is 1. The number of ether oxygens (including phenoxy) is 1. The number of amides is 1. The number of rotatable bonds is 6. The Morgan fingerprint density at radius 3 is 2.65 bits per heavy atom. The summed E-state index contributed by atoms with van der Waals surface area (Å²) >= 11 is 1.91. The van der Waals surface area contributed by atoms with Gasteiger partial charge in [0.05, 0.1) is 24.5 Å². The summed E-state index contributed by atoms with van der Waals surface area (Å²) in [6.07, 6.45) is 7.39. The number of hydrogen-bond donors (Lipinski definition) is 2. The monoisotopic (exact) mass is 604 g/mol. The highest BCUT2D eigenvalue weighted by Crippen LogP contribution is 2.48. The molecule has 230 valence electrons. The summed E-state index contributed by atoms with van der Waals surface area (Å²) in [7, 11) is 0. The Hall–Kier alpha value is -2.79. The predicted octanol–water partition coefficient (Wildman–Crippen LogP) is 5.17. The van der Waals surface area contributed by atoms with Crippen LogP contribution in [0.1, 0.15) is 78.5 Å². The van der Waals surface area contributed by atoms with E-state index in [1.165, 1.54) is 43.0 Å². The van der Waals surface area contributed by atoms with Gasteiger partial charge in [0.2, 0.25) is 5.91 Å². The number of H-pyrrole nitrogens is 1. The van der Waals surface area contributed by atoms with E-state index in [1.54, 1.807) is 6.33 Å². The third-order valence-electron chi connectivity index (χ3n) is 10.4. The highest BCUT2D eigenvalue weighted by Gasteiger charge is 2.51. The van der Waals surface area contributed by atoms with Crippen molar-refractivity contribution in [1.29, 1.82) is 0 Å². The molecule has 0 radical (unpaired) electrons. The zero-order valence-electron chi connectivity index (χ0n) is 26.1. The molecule has 3 aliphatic rings. The van der Waals surface area contributed by atoms with Crippen LogP contribution >= 0.6 is 11.3 Å². The summed E-state index contributed by atoms with van der Waals surface area (Å²) in [4.78, 5) is 28.8. The van der Waals surface area contributed by atoms with E-state index >= 15 is 0 Å². The van der Waals surface area contributed by atoms with Crippen LogP contribution in [0.25, 0.3) is 27.1 Å². The molecule has 3 fully saturated rings. The lowest BCUT2D eigenvalue weighted by Crippen LogP contribution is -2.61. The molecule has 1 aliphatic carbocycles. The van der Waals surface area contributed by atoms with E-state index in [4.69, 9.17) is 4.74 Å².